The molecule has 2 fully saturated rings. The minimum Gasteiger partial charge on any atom is -0.465 e. The van der Waals surface area contributed by atoms with Crippen LogP contribution in [0.15, 0.2) is 18.2 Å². The van der Waals surface area contributed by atoms with Crippen molar-refractivity contribution in [1.82, 2.24) is 9.80 Å². The molecule has 2 heterocycles. The molecule has 2 amide bonds. The van der Waals surface area contributed by atoms with Gasteiger partial charge in [0.2, 0.25) is 0 Å². The Hall–Kier alpha value is -2.22. The Bertz CT molecular complexity index is 689. The molecule has 1 spiro atoms. The number of hydrogen-bond donors (Lipinski definition) is 1. The van der Waals surface area contributed by atoms with Crippen LogP contribution in [0, 0.1) is 11.6 Å². The van der Waals surface area contributed by atoms with Gasteiger partial charge in [0.05, 0.1) is 23.8 Å². The maximum Gasteiger partial charge on any atom is 0.407 e. The van der Waals surface area contributed by atoms with Crippen LogP contribution in [-0.4, -0.2) is 64.8 Å². The van der Waals surface area contributed by atoms with Crippen molar-refractivity contribution < 1.29 is 28.2 Å². The van der Waals surface area contributed by atoms with Gasteiger partial charge in [0.1, 0.15) is 11.6 Å². The second-order valence-electron chi connectivity index (χ2n) is 6.69. The van der Waals surface area contributed by atoms with E-state index in [-0.39, 0.29) is 18.2 Å². The van der Waals surface area contributed by atoms with Crippen LogP contribution in [0.25, 0.3) is 0 Å². The Morgan fingerprint density at radius 1 is 1.24 bits per heavy atom. The molecule has 136 valence electrons. The molecule has 1 N–H and O–H groups in total. The van der Waals surface area contributed by atoms with Gasteiger partial charge in [-0.15, -0.1) is 0 Å². The highest BCUT2D eigenvalue weighted by Crippen LogP contribution is 2.33. The number of rotatable bonds is 1. The maximum absolute atomic E-state index is 13.9. The highest BCUT2D eigenvalue weighted by Gasteiger charge is 2.44. The molecular weight excluding hydrogens is 334 g/mol. The van der Waals surface area contributed by atoms with Crippen molar-refractivity contribution in [2.45, 2.75) is 31.5 Å². The van der Waals surface area contributed by atoms with Crippen molar-refractivity contribution in [3.05, 3.63) is 35.4 Å². The Morgan fingerprint density at radius 3 is 2.52 bits per heavy atom. The Kier molecular flexibility index (Phi) is 4.64. The average Bonchev–Trinajstić information content (AvgIpc) is 2.54. The molecule has 1 aromatic rings. The van der Waals surface area contributed by atoms with Crippen LogP contribution in [-0.2, 0) is 4.74 Å². The van der Waals surface area contributed by atoms with Gasteiger partial charge in [-0.25, -0.2) is 13.6 Å². The number of benzene rings is 1. The predicted octanol–water partition coefficient (Wildman–Crippen LogP) is 2.34. The summed E-state index contributed by atoms with van der Waals surface area (Å²) < 4.78 is 33.0. The van der Waals surface area contributed by atoms with Gasteiger partial charge in [-0.1, -0.05) is 0 Å². The number of carbonyl (C=O) groups excluding carboxylic acids is 1. The molecule has 0 aliphatic carbocycles. The number of nitrogens with zero attached hydrogens (tertiary/aromatic N) is 2. The molecule has 0 saturated carbocycles. The maximum atomic E-state index is 13.9. The van der Waals surface area contributed by atoms with Crippen LogP contribution >= 0.6 is 0 Å². The fourth-order valence-electron chi connectivity index (χ4n) is 3.59. The van der Waals surface area contributed by atoms with Crippen molar-refractivity contribution in [3.8, 4) is 0 Å². The molecule has 6 nitrogen and oxygen atoms in total. The van der Waals surface area contributed by atoms with Crippen LogP contribution in [0.3, 0.4) is 0 Å². The van der Waals surface area contributed by atoms with Crippen LogP contribution in [0.4, 0.5) is 13.6 Å². The van der Waals surface area contributed by atoms with E-state index in [4.69, 9.17) is 9.84 Å². The summed E-state index contributed by atoms with van der Waals surface area (Å²) in [5.41, 5.74) is -0.802. The zero-order chi connectivity index (χ0) is 18.2. The summed E-state index contributed by atoms with van der Waals surface area (Å²) >= 11 is 0. The van der Waals surface area contributed by atoms with Gasteiger partial charge in [0.15, 0.2) is 0 Å². The third-order valence-corrected chi connectivity index (χ3v) is 4.80. The second kappa shape index (κ2) is 6.59. The number of carbonyl (C=O) groups is 2. The van der Waals surface area contributed by atoms with E-state index >= 15 is 0 Å². The molecule has 8 heteroatoms. The Balaban J connectivity index is 1.77. The summed E-state index contributed by atoms with van der Waals surface area (Å²) in [4.78, 5) is 26.6. The van der Waals surface area contributed by atoms with Crippen LogP contribution < -0.4 is 0 Å². The standard InChI is InChI=1S/C17H20F2N2O4/c1-11-9-21(15(22)13-3-2-12(18)8-14(13)19)10-17(25-11)4-6-20(7-5-17)16(23)24/h2-3,8,11H,4-7,9-10H2,1H3,(H,23,24). The minimum atomic E-state index is -0.972. The molecule has 3 rings (SSSR count). The highest BCUT2D eigenvalue weighted by atomic mass is 19.1. The predicted molar refractivity (Wildman–Crippen MR) is 84.4 cm³/mol. The molecule has 1 unspecified atom stereocenters. The minimum absolute atomic E-state index is 0.173. The SMILES string of the molecule is CC1CN(C(=O)c2ccc(F)cc2F)CC2(CCN(C(=O)O)CC2)O1. The van der Waals surface area contributed by atoms with Gasteiger partial charge in [0.25, 0.3) is 5.91 Å². The van der Waals surface area contributed by atoms with Crippen molar-refractivity contribution in [2.75, 3.05) is 26.2 Å². The molecule has 2 aliphatic rings. The van der Waals surface area contributed by atoms with E-state index in [1.54, 1.807) is 0 Å². The average molecular weight is 354 g/mol. The van der Waals surface area contributed by atoms with Gasteiger partial charge in [-0.2, -0.15) is 0 Å². The fraction of sp³-hybridized carbons (Fsp3) is 0.529. The zero-order valence-electron chi connectivity index (χ0n) is 13.9. The zero-order valence-corrected chi connectivity index (χ0v) is 13.9. The van der Waals surface area contributed by atoms with Crippen LogP contribution in [0.1, 0.15) is 30.1 Å². The molecule has 2 aliphatic heterocycles. The number of ether oxygens (including phenoxy) is 1. The Morgan fingerprint density at radius 2 is 1.92 bits per heavy atom. The Labute approximate surface area is 144 Å². The molecule has 0 aromatic heterocycles. The monoisotopic (exact) mass is 354 g/mol. The molecule has 0 radical (unpaired) electrons. The van der Waals surface area contributed by atoms with E-state index < -0.39 is 29.2 Å². The van der Waals surface area contributed by atoms with Crippen LogP contribution in [0.5, 0.6) is 0 Å². The van der Waals surface area contributed by atoms with Crippen molar-refractivity contribution in [3.63, 3.8) is 0 Å². The number of carboxylic acid groups (broad SMARTS) is 1. The third-order valence-electron chi connectivity index (χ3n) is 4.80. The van der Waals surface area contributed by atoms with Gasteiger partial charge in [-0.3, -0.25) is 4.79 Å². The van der Waals surface area contributed by atoms with E-state index in [0.29, 0.717) is 38.5 Å². The van der Waals surface area contributed by atoms with Gasteiger partial charge >= 0.3 is 6.09 Å². The molecule has 25 heavy (non-hydrogen) atoms. The lowest BCUT2D eigenvalue weighted by Crippen LogP contribution is -2.60. The van der Waals surface area contributed by atoms with Gasteiger partial charge in [-0.05, 0) is 31.9 Å². The summed E-state index contributed by atoms with van der Waals surface area (Å²) in [7, 11) is 0. The van der Waals surface area contributed by atoms with E-state index in [1.807, 2.05) is 6.92 Å². The molecule has 1 atom stereocenters. The lowest BCUT2D eigenvalue weighted by molar-refractivity contribution is -0.159. The molecule has 0 bridgehead atoms. The van der Waals surface area contributed by atoms with E-state index in [0.717, 1.165) is 12.1 Å². The first-order valence-corrected chi connectivity index (χ1v) is 8.20. The summed E-state index contributed by atoms with van der Waals surface area (Å²) in [5.74, 6) is -2.13. The number of piperidine rings is 1. The smallest absolute Gasteiger partial charge is 0.407 e. The number of halogens is 2. The lowest BCUT2D eigenvalue weighted by atomic mass is 9.88. The largest absolute Gasteiger partial charge is 0.465 e. The fourth-order valence-corrected chi connectivity index (χ4v) is 3.59. The molecular formula is C17H20F2N2O4. The topological polar surface area (TPSA) is 70.1 Å². The normalized spacial score (nSPS) is 22.9. The van der Waals surface area contributed by atoms with Gasteiger partial charge in [0, 0.05) is 25.7 Å². The quantitative estimate of drug-likeness (QED) is 0.840. The summed E-state index contributed by atoms with van der Waals surface area (Å²) in [6.07, 6.45) is -0.281. The third kappa shape index (κ3) is 3.58. The summed E-state index contributed by atoms with van der Waals surface area (Å²) in [6, 6.07) is 2.90. The van der Waals surface area contributed by atoms with E-state index in [1.165, 1.54) is 9.80 Å². The number of likely N-dealkylation sites (tertiary alicyclic amines) is 1. The van der Waals surface area contributed by atoms with Crippen molar-refractivity contribution in [2.24, 2.45) is 0 Å². The van der Waals surface area contributed by atoms with E-state index in [9.17, 15) is 18.4 Å². The number of amides is 2. The summed E-state index contributed by atoms with van der Waals surface area (Å²) in [6.45, 7) is 3.05. The number of morpholine rings is 1. The second-order valence-corrected chi connectivity index (χ2v) is 6.69. The molecule has 1 aromatic carbocycles. The first kappa shape index (κ1) is 17.6. The molecule has 2 saturated heterocycles. The lowest BCUT2D eigenvalue weighted by Gasteiger charge is -2.49. The van der Waals surface area contributed by atoms with Crippen molar-refractivity contribution >= 4 is 12.0 Å². The first-order valence-electron chi connectivity index (χ1n) is 8.20. The highest BCUT2D eigenvalue weighted by molar-refractivity contribution is 5.94. The van der Waals surface area contributed by atoms with Gasteiger partial charge < -0.3 is 19.6 Å². The van der Waals surface area contributed by atoms with Crippen LogP contribution in [0.2, 0.25) is 0 Å². The van der Waals surface area contributed by atoms with E-state index in [2.05, 4.69) is 0 Å². The first-order chi connectivity index (χ1) is 11.8. The van der Waals surface area contributed by atoms with Crippen molar-refractivity contribution in [1.29, 1.82) is 0 Å². The number of hydrogen-bond acceptors (Lipinski definition) is 3. The summed E-state index contributed by atoms with van der Waals surface area (Å²) in [5, 5.41) is 9.07.